The van der Waals surface area contributed by atoms with E-state index < -0.39 is 7.82 Å². The van der Waals surface area contributed by atoms with Crippen molar-refractivity contribution in [3.63, 3.8) is 0 Å². The molecule has 0 saturated heterocycles. The molecule has 0 bridgehead atoms. The summed E-state index contributed by atoms with van der Waals surface area (Å²) in [6.45, 7) is 0. The molecule has 0 saturated carbocycles. The molecule has 0 aliphatic carbocycles. The van der Waals surface area contributed by atoms with E-state index in [9.17, 15) is 0 Å². The summed E-state index contributed by atoms with van der Waals surface area (Å²) >= 11 is 0. The fourth-order valence-corrected chi connectivity index (χ4v) is 0. The maximum atomic E-state index is 8.88. The van der Waals surface area contributed by atoms with Gasteiger partial charge in [-0.25, -0.2) is 4.57 Å². The number of hydrogen-bond acceptors (Lipinski definition) is 1. The van der Waals surface area contributed by atoms with E-state index in [1.807, 2.05) is 0 Å². The van der Waals surface area contributed by atoms with Crippen LogP contribution >= 0.6 is 17.7 Å². The van der Waals surface area contributed by atoms with Gasteiger partial charge in [0.2, 0.25) is 0 Å². The molecule has 0 fully saturated rings. The summed E-state index contributed by atoms with van der Waals surface area (Å²) in [7, 11) is -4.64. The van der Waals surface area contributed by atoms with E-state index in [-0.39, 0.29) is 107 Å². The van der Waals surface area contributed by atoms with Crippen molar-refractivity contribution in [2.24, 2.45) is 0 Å². The van der Waals surface area contributed by atoms with Gasteiger partial charge in [-0.3, -0.25) is 0 Å². The molecule has 1 atom stereocenters. The van der Waals surface area contributed by atoms with Crippen LogP contribution < -0.4 is 0 Å². The predicted molar refractivity (Wildman–Crippen MR) is 48.2 cm³/mol. The zero-order chi connectivity index (χ0) is 4.50. The molecule has 0 aromatic heterocycles. The Morgan fingerprint density at radius 2 is 1.00 bits per heavy atom. The normalized spacial score (nSPS) is 6.56. The SMILES string of the molecule is O=P(O)(O)O.P.[CaH2].[NaH].[NaH]. The first-order valence-corrected chi connectivity index (χ1v) is 2.35. The Kier molecular flexibility index (Phi) is 46.6. The van der Waals surface area contributed by atoms with Gasteiger partial charge in [0.15, 0.2) is 0 Å². The summed E-state index contributed by atoms with van der Waals surface area (Å²) in [6, 6.07) is 0. The van der Waals surface area contributed by atoms with Crippen LogP contribution in [0, 0.1) is 0 Å². The van der Waals surface area contributed by atoms with Crippen molar-refractivity contribution in [3.8, 4) is 0 Å². The molecule has 0 heterocycles. The third-order valence-corrected chi connectivity index (χ3v) is 0. The minimum atomic E-state index is -4.64. The van der Waals surface area contributed by atoms with Crippen molar-refractivity contribution >= 4 is 115 Å². The summed E-state index contributed by atoms with van der Waals surface area (Å²) in [6.07, 6.45) is 0. The zero-order valence-corrected chi connectivity index (χ0v) is 5.21. The Bertz CT molecular complexity index is 62.7. The van der Waals surface area contributed by atoms with Gasteiger partial charge < -0.3 is 14.7 Å². The Labute approximate surface area is 131 Å². The molecular weight excluding hydrogens is 212 g/mol. The molecule has 0 amide bonds. The Balaban J connectivity index is -0.0000000133. The van der Waals surface area contributed by atoms with Crippen molar-refractivity contribution in [1.82, 2.24) is 0 Å². The van der Waals surface area contributed by atoms with Crippen LogP contribution in [0.3, 0.4) is 0 Å². The van der Waals surface area contributed by atoms with Gasteiger partial charge in [0, 0.05) is 0 Å². The van der Waals surface area contributed by atoms with E-state index >= 15 is 0 Å². The standard InChI is InChI=1S/Ca.2Na.H3O4P.H3P.4H/c;;;1-5(2,3)4;;;;;/h;;;(H3,1,2,3,4);1H3;;;;. The molecule has 0 aromatic rings. The molecule has 0 spiro atoms. The molecule has 0 rings (SSSR count). The van der Waals surface area contributed by atoms with Crippen molar-refractivity contribution < 1.29 is 19.2 Å². The summed E-state index contributed by atoms with van der Waals surface area (Å²) in [5, 5.41) is 0. The summed E-state index contributed by atoms with van der Waals surface area (Å²) in [5.74, 6) is 0. The van der Waals surface area contributed by atoms with E-state index in [0.29, 0.717) is 0 Å². The maximum absolute atomic E-state index is 8.88. The van der Waals surface area contributed by atoms with Gasteiger partial charge in [0.25, 0.3) is 0 Å². The van der Waals surface area contributed by atoms with Crippen LogP contribution in [0.2, 0.25) is 0 Å². The zero-order valence-electron chi connectivity index (χ0n) is 2.90. The molecule has 3 N–H and O–H groups in total. The summed E-state index contributed by atoms with van der Waals surface area (Å²) < 4.78 is 8.88. The first kappa shape index (κ1) is 29.3. The van der Waals surface area contributed by atoms with E-state index in [2.05, 4.69) is 0 Å². The van der Waals surface area contributed by atoms with E-state index in [1.165, 1.54) is 0 Å². The molecule has 0 radical (unpaired) electrons. The average molecular weight is 222 g/mol. The molecule has 4 nitrogen and oxygen atoms in total. The van der Waals surface area contributed by atoms with Gasteiger partial charge in [-0.05, 0) is 0 Å². The van der Waals surface area contributed by atoms with Gasteiger partial charge >= 0.3 is 105 Å². The second kappa shape index (κ2) is 14.3. The number of hydrogen-bond donors (Lipinski definition) is 3. The molecule has 0 aromatic carbocycles. The van der Waals surface area contributed by atoms with Gasteiger partial charge in [0.05, 0.1) is 0 Å². The monoisotopic (exact) mass is 222 g/mol. The van der Waals surface area contributed by atoms with E-state index in [1.54, 1.807) is 0 Å². The van der Waals surface area contributed by atoms with Gasteiger partial charge in [-0.1, -0.05) is 0 Å². The topological polar surface area (TPSA) is 77.8 Å². The van der Waals surface area contributed by atoms with Crippen molar-refractivity contribution in [1.29, 1.82) is 0 Å². The third-order valence-electron chi connectivity index (χ3n) is 0. The molecular formula is H10CaNa2O4P2. The van der Waals surface area contributed by atoms with Crippen LogP contribution in [0.5, 0.6) is 0 Å². The Morgan fingerprint density at radius 3 is 1.00 bits per heavy atom. The molecule has 9 heavy (non-hydrogen) atoms. The van der Waals surface area contributed by atoms with Crippen LogP contribution in [0.15, 0.2) is 0 Å². The first-order chi connectivity index (χ1) is 2.00. The predicted octanol–water partition coefficient (Wildman–Crippen LogP) is -3.08. The van der Waals surface area contributed by atoms with Crippen molar-refractivity contribution in [2.75, 3.05) is 0 Å². The average Bonchev–Trinajstić information content (AvgIpc) is 0.722. The quantitative estimate of drug-likeness (QED) is 0.300. The second-order valence-corrected chi connectivity index (χ2v) is 1.54. The van der Waals surface area contributed by atoms with Crippen LogP contribution in [-0.4, -0.2) is 112 Å². The molecule has 1 unspecified atom stereocenters. The number of phosphoric acid groups is 1. The van der Waals surface area contributed by atoms with E-state index in [4.69, 9.17) is 19.2 Å². The Hall–Kier alpha value is 3.80. The Morgan fingerprint density at radius 1 is 1.00 bits per heavy atom. The molecule has 0 aliphatic heterocycles. The van der Waals surface area contributed by atoms with Crippen LogP contribution in [0.25, 0.3) is 0 Å². The first-order valence-electron chi connectivity index (χ1n) is 0.783. The van der Waals surface area contributed by atoms with Gasteiger partial charge in [-0.2, -0.15) is 9.90 Å². The summed E-state index contributed by atoms with van der Waals surface area (Å²) in [4.78, 5) is 21.6. The van der Waals surface area contributed by atoms with Crippen molar-refractivity contribution in [3.05, 3.63) is 0 Å². The molecule has 48 valence electrons. The molecule has 0 aliphatic rings. The molecule has 9 heteroatoms. The van der Waals surface area contributed by atoms with Crippen molar-refractivity contribution in [2.45, 2.75) is 0 Å². The second-order valence-electron chi connectivity index (χ2n) is 0.513. The fraction of sp³-hybridized carbons (Fsp3) is 0. The van der Waals surface area contributed by atoms with Gasteiger partial charge in [-0.15, -0.1) is 0 Å². The van der Waals surface area contributed by atoms with E-state index in [0.717, 1.165) is 0 Å². The third kappa shape index (κ3) is 78.5. The van der Waals surface area contributed by atoms with Crippen LogP contribution in [0.4, 0.5) is 0 Å². The minimum absolute atomic E-state index is 0. The fourth-order valence-electron chi connectivity index (χ4n) is 0. The number of rotatable bonds is 0. The van der Waals surface area contributed by atoms with Crippen LogP contribution in [-0.2, 0) is 4.57 Å². The van der Waals surface area contributed by atoms with Gasteiger partial charge in [0.1, 0.15) is 0 Å². The summed E-state index contributed by atoms with van der Waals surface area (Å²) in [5.41, 5.74) is 0. The van der Waals surface area contributed by atoms with Crippen LogP contribution in [0.1, 0.15) is 0 Å².